The predicted molar refractivity (Wildman–Crippen MR) is 112 cm³/mol. The largest absolute Gasteiger partial charge is 0.388 e. The maximum atomic E-state index is 12.9. The third-order valence-electron chi connectivity index (χ3n) is 5.41. The lowest BCUT2D eigenvalue weighted by molar-refractivity contribution is 0.0823. The van der Waals surface area contributed by atoms with Crippen LogP contribution >= 0.6 is 11.3 Å². The van der Waals surface area contributed by atoms with Gasteiger partial charge < -0.3 is 20.6 Å². The molecule has 0 saturated carbocycles. The monoisotopic (exact) mass is 438 g/mol. The fourth-order valence-electron chi connectivity index (χ4n) is 4.04. The van der Waals surface area contributed by atoms with Gasteiger partial charge in [-0.1, -0.05) is 6.07 Å². The number of hydrogen-bond acceptors (Lipinski definition) is 8. The molecule has 0 saturated heterocycles. The summed E-state index contributed by atoms with van der Waals surface area (Å²) in [6.07, 6.45) is 3.56. The molecule has 2 aliphatic carbocycles. The van der Waals surface area contributed by atoms with Crippen molar-refractivity contribution in [2.75, 3.05) is 5.32 Å². The second-order valence-electron chi connectivity index (χ2n) is 8.11. The number of nitrogens with zero attached hydrogens (tertiary/aromatic N) is 2. The standard InChI is InChI=1S/C19H26N4O4S2/c1-19(2,26)14-9-21-18(28-14)29(20,27)23-17(25)22-16-12-5-3-4-10(12)8-11-6-7-13(24)15(11)16/h8-9,13,17,22,24-26H,3-7H2,1-2H3,(H2,20,23,27). The molecule has 3 unspecified atom stereocenters. The highest BCUT2D eigenvalue weighted by molar-refractivity contribution is 7.93. The highest BCUT2D eigenvalue weighted by Gasteiger charge is 2.30. The lowest BCUT2D eigenvalue weighted by Crippen LogP contribution is -2.24. The van der Waals surface area contributed by atoms with E-state index in [-0.39, 0.29) is 4.34 Å². The van der Waals surface area contributed by atoms with Crippen molar-refractivity contribution in [1.82, 2.24) is 4.98 Å². The van der Waals surface area contributed by atoms with Crippen molar-refractivity contribution in [3.8, 4) is 0 Å². The van der Waals surface area contributed by atoms with Gasteiger partial charge in [0.25, 0.3) is 0 Å². The molecule has 0 fully saturated rings. The Kier molecular flexibility index (Phi) is 5.21. The highest BCUT2D eigenvalue weighted by Crippen LogP contribution is 2.43. The summed E-state index contributed by atoms with van der Waals surface area (Å²) in [5.74, 6) is 0. The zero-order valence-corrected chi connectivity index (χ0v) is 18.0. The Morgan fingerprint density at radius 2 is 2.14 bits per heavy atom. The molecule has 158 valence electrons. The van der Waals surface area contributed by atoms with E-state index >= 15 is 0 Å². The Bertz CT molecular complexity index is 1070. The minimum Gasteiger partial charge on any atom is -0.388 e. The number of thiazole rings is 1. The molecular weight excluding hydrogens is 412 g/mol. The van der Waals surface area contributed by atoms with Crippen molar-refractivity contribution in [2.24, 2.45) is 9.50 Å². The number of aliphatic hydroxyl groups is 3. The molecule has 0 bridgehead atoms. The van der Waals surface area contributed by atoms with Crippen LogP contribution in [0.5, 0.6) is 0 Å². The Morgan fingerprint density at radius 1 is 1.38 bits per heavy atom. The zero-order valence-electron chi connectivity index (χ0n) is 16.4. The molecule has 0 spiro atoms. The predicted octanol–water partition coefficient (Wildman–Crippen LogP) is 1.93. The summed E-state index contributed by atoms with van der Waals surface area (Å²) in [5.41, 5.74) is 3.71. The molecule has 2 aliphatic rings. The topological polar surface area (TPSA) is 141 Å². The summed E-state index contributed by atoms with van der Waals surface area (Å²) in [4.78, 5) is 4.53. The van der Waals surface area contributed by atoms with Gasteiger partial charge in [0.15, 0.2) is 9.92 Å². The number of aromatic nitrogens is 1. The van der Waals surface area contributed by atoms with Gasteiger partial charge in [0, 0.05) is 17.4 Å². The molecular formula is C19H26N4O4S2. The van der Waals surface area contributed by atoms with Gasteiger partial charge in [-0.25, -0.2) is 14.3 Å². The van der Waals surface area contributed by atoms with Gasteiger partial charge in [-0.2, -0.15) is 4.36 Å². The number of rotatable bonds is 5. The van der Waals surface area contributed by atoms with Crippen LogP contribution in [0.2, 0.25) is 0 Å². The Morgan fingerprint density at radius 3 is 2.83 bits per heavy atom. The van der Waals surface area contributed by atoms with E-state index in [1.807, 2.05) is 0 Å². The molecule has 4 rings (SSSR count). The van der Waals surface area contributed by atoms with Crippen LogP contribution in [0, 0.1) is 0 Å². The van der Waals surface area contributed by atoms with Crippen LogP contribution in [0.4, 0.5) is 5.69 Å². The third kappa shape index (κ3) is 3.92. The lowest BCUT2D eigenvalue weighted by Gasteiger charge is -2.20. The Hall–Kier alpha value is -1.56. The van der Waals surface area contributed by atoms with Crippen LogP contribution in [0.25, 0.3) is 0 Å². The summed E-state index contributed by atoms with van der Waals surface area (Å²) in [5, 5.41) is 39.8. The van der Waals surface area contributed by atoms with Gasteiger partial charge in [0.05, 0.1) is 16.6 Å². The Balaban J connectivity index is 1.66. The smallest absolute Gasteiger partial charge is 0.233 e. The van der Waals surface area contributed by atoms with Crippen molar-refractivity contribution in [3.05, 3.63) is 39.4 Å². The minimum atomic E-state index is -3.46. The number of nitrogens with two attached hydrogens (primary N) is 1. The van der Waals surface area contributed by atoms with Gasteiger partial charge in [-0.15, -0.1) is 11.3 Å². The van der Waals surface area contributed by atoms with Crippen molar-refractivity contribution >= 4 is 26.9 Å². The van der Waals surface area contributed by atoms with Crippen LogP contribution in [-0.2, 0) is 34.8 Å². The van der Waals surface area contributed by atoms with E-state index in [2.05, 4.69) is 20.7 Å². The minimum absolute atomic E-state index is 0.0408. The van der Waals surface area contributed by atoms with E-state index in [0.29, 0.717) is 17.0 Å². The number of hydrogen-bond donors (Lipinski definition) is 5. The van der Waals surface area contributed by atoms with Crippen molar-refractivity contribution < 1.29 is 19.5 Å². The van der Waals surface area contributed by atoms with E-state index in [0.717, 1.165) is 53.7 Å². The van der Waals surface area contributed by atoms with Crippen LogP contribution in [0.15, 0.2) is 21.0 Å². The average molecular weight is 439 g/mol. The second-order valence-corrected chi connectivity index (χ2v) is 11.1. The van der Waals surface area contributed by atoms with Gasteiger partial charge >= 0.3 is 0 Å². The normalized spacial score (nSPS) is 21.4. The molecule has 2 aromatic rings. The van der Waals surface area contributed by atoms with E-state index in [1.165, 1.54) is 11.8 Å². The van der Waals surface area contributed by atoms with Gasteiger partial charge in [-0.05, 0) is 62.6 Å². The summed E-state index contributed by atoms with van der Waals surface area (Å²) in [6, 6.07) is 2.16. The second kappa shape index (κ2) is 7.29. The average Bonchev–Trinajstić information content (AvgIpc) is 3.33. The molecule has 1 aromatic heterocycles. The van der Waals surface area contributed by atoms with Gasteiger partial charge in [0.2, 0.25) is 10.7 Å². The summed E-state index contributed by atoms with van der Waals surface area (Å²) in [6.45, 7) is 3.19. The first-order valence-corrected chi connectivity index (χ1v) is 12.0. The Labute approximate surface area is 174 Å². The molecule has 0 radical (unpaired) electrons. The van der Waals surface area contributed by atoms with Gasteiger partial charge in [-0.3, -0.25) is 0 Å². The SMILES string of the molecule is CC(C)(O)c1cnc(S(N)(=O)=NC(O)Nc2c3c(cc4c2C(O)CC4)CCC3)s1. The van der Waals surface area contributed by atoms with E-state index in [4.69, 9.17) is 5.14 Å². The maximum Gasteiger partial charge on any atom is 0.233 e. The first-order chi connectivity index (χ1) is 13.6. The van der Waals surface area contributed by atoms with E-state index in [9.17, 15) is 19.5 Å². The number of aliphatic hydroxyl groups excluding tert-OH is 2. The van der Waals surface area contributed by atoms with Crippen molar-refractivity contribution in [1.29, 1.82) is 0 Å². The number of benzene rings is 1. The molecule has 3 atom stereocenters. The zero-order chi connectivity index (χ0) is 21.0. The summed E-state index contributed by atoms with van der Waals surface area (Å²) < 4.78 is 16.8. The summed E-state index contributed by atoms with van der Waals surface area (Å²) >= 11 is 1.00. The molecule has 0 amide bonds. The number of aryl methyl sites for hydroxylation is 2. The van der Waals surface area contributed by atoms with Gasteiger partial charge in [0.1, 0.15) is 0 Å². The number of fused-ring (bicyclic) bond motifs is 2. The molecule has 1 aromatic carbocycles. The fraction of sp³-hybridized carbons (Fsp3) is 0.526. The molecule has 10 heteroatoms. The highest BCUT2D eigenvalue weighted by atomic mass is 32.2. The molecule has 6 N–H and O–H groups in total. The third-order valence-corrected chi connectivity index (χ3v) is 8.60. The van der Waals surface area contributed by atoms with Crippen LogP contribution in [0.1, 0.15) is 59.9 Å². The quantitative estimate of drug-likeness (QED) is 0.452. The fourth-order valence-corrected chi connectivity index (χ4v) is 6.21. The first-order valence-electron chi connectivity index (χ1n) is 9.59. The number of anilines is 1. The molecule has 29 heavy (non-hydrogen) atoms. The molecule has 8 nitrogen and oxygen atoms in total. The molecule has 0 aliphatic heterocycles. The van der Waals surface area contributed by atoms with Crippen LogP contribution in [0.3, 0.4) is 0 Å². The maximum absolute atomic E-state index is 12.9. The number of nitrogens with one attached hydrogen (secondary N) is 1. The van der Waals surface area contributed by atoms with Crippen molar-refractivity contribution in [3.63, 3.8) is 0 Å². The van der Waals surface area contributed by atoms with E-state index in [1.54, 1.807) is 13.8 Å². The lowest BCUT2D eigenvalue weighted by atomic mass is 9.98. The molecule has 1 heterocycles. The van der Waals surface area contributed by atoms with Crippen molar-refractivity contribution in [2.45, 2.75) is 68.3 Å². The van der Waals surface area contributed by atoms with E-state index < -0.39 is 28.0 Å². The first kappa shape index (κ1) is 20.7. The van der Waals surface area contributed by atoms with Crippen LogP contribution in [-0.4, -0.2) is 30.9 Å². The summed E-state index contributed by atoms with van der Waals surface area (Å²) in [7, 11) is -3.46. The van der Waals surface area contributed by atoms with Crippen LogP contribution < -0.4 is 10.5 Å².